The molecule has 6 nitrogen and oxygen atoms in total. The minimum atomic E-state index is -0.870. The summed E-state index contributed by atoms with van der Waals surface area (Å²) in [7, 11) is 1.61. The number of methoxy groups -OCH3 is 1. The summed E-state index contributed by atoms with van der Waals surface area (Å²) >= 11 is 0. The molecular weight excluding hydrogens is 380 g/mol. The molecule has 6 heteroatoms. The number of amides is 2. The van der Waals surface area contributed by atoms with Gasteiger partial charge in [0.1, 0.15) is 11.7 Å². The molecule has 0 saturated carbocycles. The van der Waals surface area contributed by atoms with Gasteiger partial charge in [0.25, 0.3) is 5.91 Å². The van der Waals surface area contributed by atoms with Crippen LogP contribution in [0, 0.1) is 5.92 Å². The van der Waals surface area contributed by atoms with Gasteiger partial charge in [-0.15, -0.1) is 0 Å². The lowest BCUT2D eigenvalue weighted by atomic mass is 9.90. The zero-order valence-corrected chi connectivity index (χ0v) is 16.3. The highest BCUT2D eigenvalue weighted by Gasteiger charge is 2.60. The molecule has 0 N–H and O–H groups in total. The number of hydrogen-bond donors (Lipinski definition) is 0. The molecule has 5 rings (SSSR count). The molecule has 0 aromatic heterocycles. The number of hydrogen-bond acceptors (Lipinski definition) is 5. The largest absolute Gasteiger partial charge is 0.497 e. The third-order valence-corrected chi connectivity index (χ3v) is 5.60. The van der Waals surface area contributed by atoms with Crippen molar-refractivity contribution in [3.63, 3.8) is 0 Å². The first-order valence-corrected chi connectivity index (χ1v) is 9.77. The number of ether oxygens (including phenoxy) is 1. The summed E-state index contributed by atoms with van der Waals surface area (Å²) in [5.74, 6) is -0.506. The van der Waals surface area contributed by atoms with Crippen molar-refractivity contribution in [1.29, 1.82) is 0 Å². The van der Waals surface area contributed by atoms with Crippen molar-refractivity contribution in [2.75, 3.05) is 17.1 Å². The van der Waals surface area contributed by atoms with Crippen LogP contribution in [-0.2, 0) is 14.4 Å². The first-order valence-electron chi connectivity index (χ1n) is 9.77. The van der Waals surface area contributed by atoms with E-state index in [4.69, 9.17) is 9.57 Å². The van der Waals surface area contributed by atoms with Gasteiger partial charge in [-0.3, -0.25) is 14.4 Å². The fourth-order valence-corrected chi connectivity index (χ4v) is 4.19. The third-order valence-electron chi connectivity index (χ3n) is 5.60. The molecule has 2 aliphatic rings. The minimum Gasteiger partial charge on any atom is -0.497 e. The van der Waals surface area contributed by atoms with E-state index in [1.165, 1.54) is 4.90 Å². The number of fused-ring (bicyclic) bond motifs is 1. The van der Waals surface area contributed by atoms with Crippen molar-refractivity contribution < 1.29 is 19.2 Å². The van der Waals surface area contributed by atoms with E-state index in [1.807, 2.05) is 72.8 Å². The smallest absolute Gasteiger partial charge is 0.266 e. The predicted molar refractivity (Wildman–Crippen MR) is 112 cm³/mol. The summed E-state index contributed by atoms with van der Waals surface area (Å²) < 4.78 is 5.24. The molecule has 3 aromatic rings. The standard InChI is InChI=1S/C24H20N2O4/c1-29-19-14-12-18(13-15-19)26-21(16-8-4-2-5-9-16)20-22(30-26)24(28)25(23(20)27)17-10-6-3-7-11-17/h2-15,20-22H,1H3. The molecule has 150 valence electrons. The maximum absolute atomic E-state index is 13.4. The quantitative estimate of drug-likeness (QED) is 0.625. The number of benzene rings is 3. The highest BCUT2D eigenvalue weighted by Crippen LogP contribution is 2.47. The van der Waals surface area contributed by atoms with E-state index in [0.717, 1.165) is 17.0 Å². The minimum absolute atomic E-state index is 0.249. The second-order valence-corrected chi connectivity index (χ2v) is 7.28. The molecule has 0 radical (unpaired) electrons. The average Bonchev–Trinajstić information content (AvgIpc) is 3.31. The zero-order valence-electron chi connectivity index (χ0n) is 16.3. The summed E-state index contributed by atoms with van der Waals surface area (Å²) in [6.45, 7) is 0. The van der Waals surface area contributed by atoms with Crippen LogP contribution in [0.2, 0.25) is 0 Å². The van der Waals surface area contributed by atoms with E-state index in [1.54, 1.807) is 24.3 Å². The van der Waals surface area contributed by atoms with E-state index in [2.05, 4.69) is 0 Å². The summed E-state index contributed by atoms with van der Waals surface area (Å²) in [6, 6.07) is 25.6. The summed E-state index contributed by atoms with van der Waals surface area (Å²) in [5, 5.41) is 1.68. The van der Waals surface area contributed by atoms with Gasteiger partial charge in [0.15, 0.2) is 6.10 Å². The van der Waals surface area contributed by atoms with Crippen molar-refractivity contribution in [2.24, 2.45) is 5.92 Å². The lowest BCUT2D eigenvalue weighted by Crippen LogP contribution is -2.37. The van der Waals surface area contributed by atoms with Crippen molar-refractivity contribution in [3.05, 3.63) is 90.5 Å². The Bertz CT molecular complexity index is 1070. The monoisotopic (exact) mass is 400 g/mol. The summed E-state index contributed by atoms with van der Waals surface area (Å²) in [5.41, 5.74) is 2.23. The van der Waals surface area contributed by atoms with Crippen LogP contribution in [0.4, 0.5) is 11.4 Å². The van der Waals surface area contributed by atoms with Crippen molar-refractivity contribution in [2.45, 2.75) is 12.1 Å². The molecule has 3 atom stereocenters. The Morgan fingerprint density at radius 3 is 2.03 bits per heavy atom. The normalized spacial score (nSPS) is 23.0. The van der Waals surface area contributed by atoms with Gasteiger partial charge in [-0.2, -0.15) is 0 Å². The van der Waals surface area contributed by atoms with E-state index < -0.39 is 18.1 Å². The number of para-hydroxylation sites is 1. The molecule has 0 bridgehead atoms. The summed E-state index contributed by atoms with van der Waals surface area (Å²) in [4.78, 5) is 34.0. The van der Waals surface area contributed by atoms with E-state index >= 15 is 0 Å². The fourth-order valence-electron chi connectivity index (χ4n) is 4.19. The number of hydroxylamine groups is 1. The number of anilines is 2. The average molecular weight is 400 g/mol. The van der Waals surface area contributed by atoms with Crippen LogP contribution in [0.3, 0.4) is 0 Å². The van der Waals surface area contributed by atoms with Gasteiger partial charge in [0, 0.05) is 0 Å². The van der Waals surface area contributed by atoms with Crippen LogP contribution < -0.4 is 14.7 Å². The lowest BCUT2D eigenvalue weighted by molar-refractivity contribution is -0.126. The Balaban J connectivity index is 1.56. The van der Waals surface area contributed by atoms with Gasteiger partial charge < -0.3 is 4.74 Å². The second kappa shape index (κ2) is 7.31. The van der Waals surface area contributed by atoms with Crippen LogP contribution in [0.15, 0.2) is 84.9 Å². The van der Waals surface area contributed by atoms with Gasteiger partial charge >= 0.3 is 0 Å². The number of imide groups is 1. The van der Waals surface area contributed by atoms with E-state index in [-0.39, 0.29) is 11.8 Å². The molecule has 3 unspecified atom stereocenters. The number of rotatable bonds is 4. The molecular formula is C24H20N2O4. The number of carbonyl (C=O) groups excluding carboxylic acids is 2. The molecule has 3 aromatic carbocycles. The van der Waals surface area contributed by atoms with Crippen LogP contribution in [0.5, 0.6) is 5.75 Å². The molecule has 2 heterocycles. The Morgan fingerprint density at radius 2 is 1.40 bits per heavy atom. The predicted octanol–water partition coefficient (Wildman–Crippen LogP) is 3.75. The zero-order chi connectivity index (χ0) is 20.7. The van der Waals surface area contributed by atoms with Crippen LogP contribution >= 0.6 is 0 Å². The molecule has 30 heavy (non-hydrogen) atoms. The summed E-state index contributed by atoms with van der Waals surface area (Å²) in [6.07, 6.45) is -0.870. The van der Waals surface area contributed by atoms with Gasteiger partial charge in [0.2, 0.25) is 5.91 Å². The van der Waals surface area contributed by atoms with E-state index in [0.29, 0.717) is 5.69 Å². The van der Waals surface area contributed by atoms with Gasteiger partial charge in [-0.05, 0) is 42.0 Å². The molecule has 0 aliphatic carbocycles. The van der Waals surface area contributed by atoms with E-state index in [9.17, 15) is 9.59 Å². The topological polar surface area (TPSA) is 59.1 Å². The maximum Gasteiger partial charge on any atom is 0.266 e. The van der Waals surface area contributed by atoms with Gasteiger partial charge in [0.05, 0.1) is 24.5 Å². The second-order valence-electron chi connectivity index (χ2n) is 7.28. The van der Waals surface area contributed by atoms with Gasteiger partial charge in [-0.1, -0.05) is 48.5 Å². The number of carbonyl (C=O) groups is 2. The maximum atomic E-state index is 13.4. The molecule has 0 spiro atoms. The molecule has 2 saturated heterocycles. The number of nitrogens with zero attached hydrogens (tertiary/aromatic N) is 2. The van der Waals surface area contributed by atoms with Crippen LogP contribution in [-0.4, -0.2) is 25.0 Å². The Kier molecular flexibility index (Phi) is 4.48. The van der Waals surface area contributed by atoms with Gasteiger partial charge in [-0.25, -0.2) is 9.96 Å². The lowest BCUT2D eigenvalue weighted by Gasteiger charge is -2.28. The SMILES string of the molecule is COc1ccc(N2OC3C(=O)N(c4ccccc4)C(=O)C3C2c2ccccc2)cc1. The first-order chi connectivity index (χ1) is 14.7. The van der Waals surface area contributed by atoms with Crippen molar-refractivity contribution in [1.82, 2.24) is 0 Å². The van der Waals surface area contributed by atoms with Crippen molar-refractivity contribution in [3.8, 4) is 5.75 Å². The Labute approximate surface area is 174 Å². The highest BCUT2D eigenvalue weighted by atomic mass is 16.7. The highest BCUT2D eigenvalue weighted by molar-refractivity contribution is 6.23. The Hall–Kier alpha value is -3.64. The van der Waals surface area contributed by atoms with Crippen LogP contribution in [0.25, 0.3) is 0 Å². The third kappa shape index (κ3) is 2.84. The molecule has 2 amide bonds. The van der Waals surface area contributed by atoms with Crippen LogP contribution in [0.1, 0.15) is 11.6 Å². The Morgan fingerprint density at radius 1 is 0.767 bits per heavy atom. The molecule has 2 fully saturated rings. The first kappa shape index (κ1) is 18.4. The fraction of sp³-hybridized carbons (Fsp3) is 0.167. The van der Waals surface area contributed by atoms with Crippen molar-refractivity contribution >= 4 is 23.2 Å². The molecule has 2 aliphatic heterocycles.